The molecule has 94 valence electrons. The lowest BCUT2D eigenvalue weighted by Crippen LogP contribution is -2.11. The smallest absolute Gasteiger partial charge is 0.184 e. The first kappa shape index (κ1) is 13.4. The van der Waals surface area contributed by atoms with Crippen molar-refractivity contribution >= 4 is 21.7 Å². The molecular formula is C15H11BrN2O. The molecule has 1 unspecified atom stereocenters. The molecule has 0 amide bonds. The highest BCUT2D eigenvalue weighted by atomic mass is 79.9. The summed E-state index contributed by atoms with van der Waals surface area (Å²) in [5.41, 5.74) is 2.24. The molecule has 1 atom stereocenters. The summed E-state index contributed by atoms with van der Waals surface area (Å²) >= 11 is 3.40. The Balaban J connectivity index is 2.37. The first-order chi connectivity index (χ1) is 9.13. The molecule has 2 aromatic rings. The van der Waals surface area contributed by atoms with Crippen LogP contribution in [0.15, 0.2) is 47.2 Å². The zero-order valence-corrected chi connectivity index (χ0v) is 11.9. The van der Waals surface area contributed by atoms with Crippen LogP contribution in [-0.2, 0) is 0 Å². The lowest BCUT2D eigenvalue weighted by Gasteiger charge is -2.09. The molecule has 0 aliphatic carbocycles. The Morgan fingerprint density at radius 1 is 1.32 bits per heavy atom. The Bertz CT molecular complexity index is 647. The molecule has 3 nitrogen and oxygen atoms in total. The highest BCUT2D eigenvalue weighted by Gasteiger charge is 2.21. The first-order valence-corrected chi connectivity index (χ1v) is 6.52. The van der Waals surface area contributed by atoms with E-state index in [1.807, 2.05) is 13.0 Å². The third kappa shape index (κ3) is 2.88. The minimum atomic E-state index is -0.794. The van der Waals surface area contributed by atoms with Crippen LogP contribution in [0.25, 0.3) is 0 Å². The number of ketones is 1. The molecule has 0 spiro atoms. The minimum Gasteiger partial charge on any atom is -0.292 e. The van der Waals surface area contributed by atoms with Gasteiger partial charge in [0.05, 0.1) is 6.07 Å². The molecule has 1 aromatic heterocycles. The van der Waals surface area contributed by atoms with E-state index in [1.54, 1.807) is 36.7 Å². The van der Waals surface area contributed by atoms with E-state index in [0.29, 0.717) is 11.1 Å². The lowest BCUT2D eigenvalue weighted by atomic mass is 9.92. The fourth-order valence-electron chi connectivity index (χ4n) is 1.75. The number of pyridine rings is 1. The molecule has 0 saturated heterocycles. The van der Waals surface area contributed by atoms with Crippen molar-refractivity contribution in [2.45, 2.75) is 12.8 Å². The van der Waals surface area contributed by atoms with E-state index >= 15 is 0 Å². The standard InChI is InChI=1S/C15H11BrN2O/c1-10-2-3-12(8-14(10)16)15(19)13(9-17)11-4-6-18-7-5-11/h2-8,13H,1H3. The van der Waals surface area contributed by atoms with E-state index in [0.717, 1.165) is 10.0 Å². The summed E-state index contributed by atoms with van der Waals surface area (Å²) in [6, 6.07) is 10.8. The van der Waals surface area contributed by atoms with Gasteiger partial charge in [0.1, 0.15) is 5.92 Å². The van der Waals surface area contributed by atoms with Crippen molar-refractivity contribution in [3.05, 3.63) is 63.9 Å². The number of halogens is 1. The van der Waals surface area contributed by atoms with Gasteiger partial charge in [-0.2, -0.15) is 5.26 Å². The molecule has 4 heteroatoms. The van der Waals surface area contributed by atoms with Crippen LogP contribution >= 0.6 is 15.9 Å². The predicted octanol–water partition coefficient (Wildman–Crippen LogP) is 3.64. The van der Waals surface area contributed by atoms with Crippen molar-refractivity contribution in [1.29, 1.82) is 5.26 Å². The van der Waals surface area contributed by atoms with Crippen LogP contribution in [0.2, 0.25) is 0 Å². The number of Topliss-reactive ketones (excluding diaryl/α,β-unsaturated/α-hetero) is 1. The molecule has 0 aliphatic heterocycles. The molecule has 1 heterocycles. The first-order valence-electron chi connectivity index (χ1n) is 5.73. The summed E-state index contributed by atoms with van der Waals surface area (Å²) in [6.45, 7) is 1.95. The molecular weight excluding hydrogens is 304 g/mol. The zero-order valence-electron chi connectivity index (χ0n) is 10.3. The maximum absolute atomic E-state index is 12.4. The van der Waals surface area contributed by atoms with Gasteiger partial charge in [-0.1, -0.05) is 28.1 Å². The number of nitriles is 1. The second kappa shape index (κ2) is 5.77. The topological polar surface area (TPSA) is 53.8 Å². The van der Waals surface area contributed by atoms with Crippen LogP contribution < -0.4 is 0 Å². The maximum atomic E-state index is 12.4. The third-order valence-corrected chi connectivity index (χ3v) is 3.74. The molecule has 0 aliphatic rings. The molecule has 2 rings (SSSR count). The fraction of sp³-hybridized carbons (Fsp3) is 0.133. The number of carbonyl (C=O) groups is 1. The third-order valence-electron chi connectivity index (χ3n) is 2.89. The van der Waals surface area contributed by atoms with Crippen LogP contribution in [0.5, 0.6) is 0 Å². The Labute approximate surface area is 120 Å². The van der Waals surface area contributed by atoms with Crippen LogP contribution in [-0.4, -0.2) is 10.8 Å². The van der Waals surface area contributed by atoms with Crippen molar-refractivity contribution in [3.63, 3.8) is 0 Å². The number of hydrogen-bond donors (Lipinski definition) is 0. The Hall–Kier alpha value is -1.99. The fourth-order valence-corrected chi connectivity index (χ4v) is 2.13. The van der Waals surface area contributed by atoms with E-state index in [9.17, 15) is 10.1 Å². The van der Waals surface area contributed by atoms with Gasteiger partial charge in [-0.3, -0.25) is 9.78 Å². The number of aromatic nitrogens is 1. The van der Waals surface area contributed by atoms with Gasteiger partial charge in [-0.05, 0) is 36.2 Å². The number of rotatable bonds is 3. The second-order valence-electron chi connectivity index (χ2n) is 4.17. The zero-order chi connectivity index (χ0) is 13.8. The van der Waals surface area contributed by atoms with Gasteiger partial charge in [0.25, 0.3) is 0 Å². The normalized spacial score (nSPS) is 11.6. The summed E-state index contributed by atoms with van der Waals surface area (Å²) in [5.74, 6) is -0.994. The summed E-state index contributed by atoms with van der Waals surface area (Å²) < 4.78 is 0.866. The van der Waals surface area contributed by atoms with E-state index in [2.05, 4.69) is 27.0 Å². The largest absolute Gasteiger partial charge is 0.292 e. The maximum Gasteiger partial charge on any atom is 0.184 e. The van der Waals surface area contributed by atoms with Gasteiger partial charge >= 0.3 is 0 Å². The van der Waals surface area contributed by atoms with Crippen molar-refractivity contribution < 1.29 is 4.79 Å². The van der Waals surface area contributed by atoms with Crippen molar-refractivity contribution in [1.82, 2.24) is 4.98 Å². The SMILES string of the molecule is Cc1ccc(C(=O)C(C#N)c2ccncc2)cc1Br. The lowest BCUT2D eigenvalue weighted by molar-refractivity contribution is 0.0979. The van der Waals surface area contributed by atoms with Crippen molar-refractivity contribution in [2.24, 2.45) is 0 Å². The van der Waals surface area contributed by atoms with Gasteiger partial charge in [0.15, 0.2) is 5.78 Å². The minimum absolute atomic E-state index is 0.200. The molecule has 0 radical (unpaired) electrons. The van der Waals surface area contributed by atoms with Gasteiger partial charge < -0.3 is 0 Å². The molecule has 0 saturated carbocycles. The van der Waals surface area contributed by atoms with Crippen LogP contribution in [0.1, 0.15) is 27.4 Å². The number of hydrogen-bond acceptors (Lipinski definition) is 3. The average Bonchev–Trinajstić information content (AvgIpc) is 2.44. The quantitative estimate of drug-likeness (QED) is 0.813. The summed E-state index contributed by atoms with van der Waals surface area (Å²) in [5, 5.41) is 9.23. The Morgan fingerprint density at radius 3 is 2.58 bits per heavy atom. The van der Waals surface area contributed by atoms with Crippen LogP contribution in [0.4, 0.5) is 0 Å². The Morgan fingerprint density at radius 2 is 2.00 bits per heavy atom. The van der Waals surface area contributed by atoms with E-state index in [1.165, 1.54) is 0 Å². The van der Waals surface area contributed by atoms with Crippen LogP contribution in [0.3, 0.4) is 0 Å². The second-order valence-corrected chi connectivity index (χ2v) is 5.03. The van der Waals surface area contributed by atoms with Crippen LogP contribution in [0, 0.1) is 18.3 Å². The monoisotopic (exact) mass is 314 g/mol. The molecule has 0 N–H and O–H groups in total. The summed E-state index contributed by atoms with van der Waals surface area (Å²) in [7, 11) is 0. The van der Waals surface area contributed by atoms with Gasteiger partial charge in [0, 0.05) is 22.4 Å². The number of aryl methyl sites for hydroxylation is 1. The van der Waals surface area contributed by atoms with E-state index in [4.69, 9.17) is 0 Å². The number of nitrogens with zero attached hydrogens (tertiary/aromatic N) is 2. The van der Waals surface area contributed by atoms with Crippen molar-refractivity contribution in [3.8, 4) is 6.07 Å². The highest BCUT2D eigenvalue weighted by molar-refractivity contribution is 9.10. The highest BCUT2D eigenvalue weighted by Crippen LogP contribution is 2.23. The molecule has 19 heavy (non-hydrogen) atoms. The van der Waals surface area contributed by atoms with Gasteiger partial charge in [-0.15, -0.1) is 0 Å². The average molecular weight is 315 g/mol. The van der Waals surface area contributed by atoms with E-state index < -0.39 is 5.92 Å². The summed E-state index contributed by atoms with van der Waals surface area (Å²) in [4.78, 5) is 16.3. The molecule has 0 fully saturated rings. The summed E-state index contributed by atoms with van der Waals surface area (Å²) in [6.07, 6.45) is 3.16. The number of benzene rings is 1. The number of carbonyl (C=O) groups excluding carboxylic acids is 1. The molecule has 1 aromatic carbocycles. The predicted molar refractivity (Wildman–Crippen MR) is 75.8 cm³/mol. The molecule has 0 bridgehead atoms. The van der Waals surface area contributed by atoms with Gasteiger partial charge in [0.2, 0.25) is 0 Å². The van der Waals surface area contributed by atoms with Gasteiger partial charge in [-0.25, -0.2) is 0 Å². The van der Waals surface area contributed by atoms with E-state index in [-0.39, 0.29) is 5.78 Å². The van der Waals surface area contributed by atoms with Crippen molar-refractivity contribution in [2.75, 3.05) is 0 Å². The Kier molecular flexibility index (Phi) is 4.08.